The lowest BCUT2D eigenvalue weighted by Gasteiger charge is -2.09. The van der Waals surface area contributed by atoms with Crippen molar-refractivity contribution in [2.24, 2.45) is 0 Å². The van der Waals surface area contributed by atoms with Crippen molar-refractivity contribution in [2.45, 2.75) is 26.7 Å². The van der Waals surface area contributed by atoms with E-state index < -0.39 is 0 Å². The number of carbonyl (C=O) groups excluding carboxylic acids is 1. The van der Waals surface area contributed by atoms with E-state index >= 15 is 0 Å². The second-order valence-corrected chi connectivity index (χ2v) is 5.21. The van der Waals surface area contributed by atoms with Gasteiger partial charge in [-0.3, -0.25) is 4.79 Å². The highest BCUT2D eigenvalue weighted by molar-refractivity contribution is 5.91. The van der Waals surface area contributed by atoms with Crippen molar-refractivity contribution in [3.8, 4) is 5.75 Å². The summed E-state index contributed by atoms with van der Waals surface area (Å²) < 4.78 is 5.12. The molecule has 0 aromatic heterocycles. The van der Waals surface area contributed by atoms with Crippen molar-refractivity contribution >= 4 is 11.6 Å². The highest BCUT2D eigenvalue weighted by Gasteiger charge is 2.06. The number of carbonyl (C=O) groups is 1. The molecular weight excluding hydrogens is 262 g/mol. The molecule has 0 atom stereocenters. The van der Waals surface area contributed by atoms with Crippen LogP contribution in [-0.2, 0) is 11.2 Å². The van der Waals surface area contributed by atoms with E-state index in [4.69, 9.17) is 4.74 Å². The lowest BCUT2D eigenvalue weighted by Crippen LogP contribution is -2.13. The van der Waals surface area contributed by atoms with Gasteiger partial charge < -0.3 is 10.1 Å². The third kappa shape index (κ3) is 4.35. The molecule has 0 bridgehead atoms. The van der Waals surface area contributed by atoms with E-state index in [1.165, 1.54) is 0 Å². The maximum atomic E-state index is 12.0. The van der Waals surface area contributed by atoms with Crippen molar-refractivity contribution in [3.63, 3.8) is 0 Å². The minimum atomic E-state index is 0.0412. The van der Waals surface area contributed by atoms with E-state index in [-0.39, 0.29) is 5.91 Å². The average Bonchev–Trinajstić information content (AvgIpc) is 2.49. The summed E-state index contributed by atoms with van der Waals surface area (Å²) in [5.74, 6) is 0.873. The molecule has 0 fully saturated rings. The molecule has 2 aromatic rings. The smallest absolute Gasteiger partial charge is 0.224 e. The number of hydrogen-bond donors (Lipinski definition) is 1. The van der Waals surface area contributed by atoms with Crippen LogP contribution in [0.4, 0.5) is 5.69 Å². The van der Waals surface area contributed by atoms with Crippen molar-refractivity contribution < 1.29 is 9.53 Å². The topological polar surface area (TPSA) is 38.3 Å². The Morgan fingerprint density at radius 1 is 1.10 bits per heavy atom. The van der Waals surface area contributed by atoms with Crippen molar-refractivity contribution in [2.75, 3.05) is 12.4 Å². The monoisotopic (exact) mass is 283 g/mol. The molecule has 3 heteroatoms. The molecule has 0 aliphatic heterocycles. The van der Waals surface area contributed by atoms with Gasteiger partial charge in [0.1, 0.15) is 5.75 Å². The molecule has 0 heterocycles. The molecule has 2 aromatic carbocycles. The Kier molecular flexibility index (Phi) is 4.99. The van der Waals surface area contributed by atoms with Crippen LogP contribution >= 0.6 is 0 Å². The van der Waals surface area contributed by atoms with Gasteiger partial charge in [0, 0.05) is 12.1 Å². The number of rotatable bonds is 5. The van der Waals surface area contributed by atoms with Crippen LogP contribution in [0.25, 0.3) is 0 Å². The summed E-state index contributed by atoms with van der Waals surface area (Å²) in [5, 5.41) is 2.98. The van der Waals surface area contributed by atoms with E-state index in [2.05, 4.69) is 5.32 Å². The van der Waals surface area contributed by atoms with Crippen LogP contribution < -0.4 is 10.1 Å². The lowest BCUT2D eigenvalue weighted by molar-refractivity contribution is -0.116. The Hall–Kier alpha value is -2.29. The molecule has 21 heavy (non-hydrogen) atoms. The summed E-state index contributed by atoms with van der Waals surface area (Å²) in [7, 11) is 1.65. The highest BCUT2D eigenvalue weighted by atomic mass is 16.5. The Morgan fingerprint density at radius 2 is 1.81 bits per heavy atom. The van der Waals surface area contributed by atoms with Crippen LogP contribution in [0.3, 0.4) is 0 Å². The van der Waals surface area contributed by atoms with Gasteiger partial charge in [0.2, 0.25) is 5.91 Å². The Balaban J connectivity index is 1.91. The summed E-state index contributed by atoms with van der Waals surface area (Å²) >= 11 is 0. The van der Waals surface area contributed by atoms with E-state index in [1.54, 1.807) is 7.11 Å². The first-order valence-corrected chi connectivity index (χ1v) is 7.08. The lowest BCUT2D eigenvalue weighted by atomic mass is 10.1. The number of hydrogen-bond acceptors (Lipinski definition) is 2. The van der Waals surface area contributed by atoms with Crippen LogP contribution in [-0.4, -0.2) is 13.0 Å². The Morgan fingerprint density at radius 3 is 2.48 bits per heavy atom. The molecule has 0 spiro atoms. The van der Waals surface area contributed by atoms with Gasteiger partial charge in [-0.05, 0) is 55.2 Å². The molecule has 1 N–H and O–H groups in total. The number of methoxy groups -OCH3 is 1. The largest absolute Gasteiger partial charge is 0.497 e. The molecule has 0 unspecified atom stereocenters. The van der Waals surface area contributed by atoms with Gasteiger partial charge in [-0.15, -0.1) is 0 Å². The molecule has 110 valence electrons. The quantitative estimate of drug-likeness (QED) is 0.904. The molecule has 3 nitrogen and oxygen atoms in total. The average molecular weight is 283 g/mol. The summed E-state index contributed by atoms with van der Waals surface area (Å²) in [5.41, 5.74) is 4.26. The number of anilines is 1. The molecule has 0 saturated carbocycles. The van der Waals surface area contributed by atoms with Gasteiger partial charge in [0.15, 0.2) is 0 Å². The summed E-state index contributed by atoms with van der Waals surface area (Å²) in [4.78, 5) is 12.0. The second-order valence-electron chi connectivity index (χ2n) is 5.21. The van der Waals surface area contributed by atoms with Crippen LogP contribution in [0.15, 0.2) is 42.5 Å². The van der Waals surface area contributed by atoms with Crippen molar-refractivity contribution in [1.82, 2.24) is 0 Å². The maximum Gasteiger partial charge on any atom is 0.224 e. The zero-order valence-electron chi connectivity index (χ0n) is 12.8. The number of aryl methyl sites for hydroxylation is 3. The normalized spacial score (nSPS) is 10.2. The first-order valence-electron chi connectivity index (χ1n) is 7.08. The number of amides is 1. The minimum absolute atomic E-state index is 0.0412. The summed E-state index contributed by atoms with van der Waals surface area (Å²) in [6.07, 6.45) is 1.19. The van der Waals surface area contributed by atoms with Crippen LogP contribution in [0.5, 0.6) is 5.75 Å². The summed E-state index contributed by atoms with van der Waals surface area (Å²) in [6, 6.07) is 13.9. The second kappa shape index (κ2) is 6.93. The van der Waals surface area contributed by atoms with Gasteiger partial charge >= 0.3 is 0 Å². The number of benzene rings is 2. The van der Waals surface area contributed by atoms with E-state index in [9.17, 15) is 4.79 Å². The van der Waals surface area contributed by atoms with Crippen LogP contribution in [0, 0.1) is 13.8 Å². The molecule has 0 aliphatic carbocycles. The standard InChI is InChI=1S/C18H21NO2/c1-13-4-5-14(2)17(12-13)19-18(20)11-8-15-6-9-16(21-3)10-7-15/h4-7,9-10,12H,8,11H2,1-3H3,(H,19,20). The molecular formula is C18H21NO2. The third-order valence-electron chi connectivity index (χ3n) is 3.47. The molecule has 0 aliphatic rings. The summed E-state index contributed by atoms with van der Waals surface area (Å²) in [6.45, 7) is 4.02. The van der Waals surface area contributed by atoms with Crippen molar-refractivity contribution in [3.05, 3.63) is 59.2 Å². The minimum Gasteiger partial charge on any atom is -0.497 e. The van der Waals surface area contributed by atoms with Gasteiger partial charge in [-0.2, -0.15) is 0 Å². The van der Waals surface area contributed by atoms with Gasteiger partial charge in [0.05, 0.1) is 7.11 Å². The predicted octanol–water partition coefficient (Wildman–Crippen LogP) is 3.88. The van der Waals surface area contributed by atoms with Gasteiger partial charge in [-0.1, -0.05) is 24.3 Å². The zero-order chi connectivity index (χ0) is 15.2. The SMILES string of the molecule is COc1ccc(CCC(=O)Nc2cc(C)ccc2C)cc1. The fourth-order valence-electron chi connectivity index (χ4n) is 2.13. The third-order valence-corrected chi connectivity index (χ3v) is 3.47. The Bertz CT molecular complexity index is 618. The first kappa shape index (κ1) is 15.1. The van der Waals surface area contributed by atoms with E-state index in [1.807, 2.05) is 56.3 Å². The van der Waals surface area contributed by atoms with Gasteiger partial charge in [-0.25, -0.2) is 0 Å². The molecule has 0 saturated heterocycles. The highest BCUT2D eigenvalue weighted by Crippen LogP contribution is 2.17. The molecule has 1 amide bonds. The van der Waals surface area contributed by atoms with Crippen LogP contribution in [0.2, 0.25) is 0 Å². The fourth-order valence-corrected chi connectivity index (χ4v) is 2.13. The maximum absolute atomic E-state index is 12.0. The molecule has 0 radical (unpaired) electrons. The van der Waals surface area contributed by atoms with Crippen LogP contribution in [0.1, 0.15) is 23.1 Å². The first-order chi connectivity index (χ1) is 10.1. The zero-order valence-corrected chi connectivity index (χ0v) is 12.8. The fraction of sp³-hybridized carbons (Fsp3) is 0.278. The van der Waals surface area contributed by atoms with E-state index in [0.29, 0.717) is 6.42 Å². The Labute approximate surface area is 126 Å². The predicted molar refractivity (Wildman–Crippen MR) is 85.9 cm³/mol. The number of nitrogens with one attached hydrogen (secondary N) is 1. The van der Waals surface area contributed by atoms with E-state index in [0.717, 1.165) is 34.5 Å². The van der Waals surface area contributed by atoms with Crippen molar-refractivity contribution in [1.29, 1.82) is 0 Å². The van der Waals surface area contributed by atoms with Gasteiger partial charge in [0.25, 0.3) is 0 Å². The number of ether oxygens (including phenoxy) is 1. The molecule has 2 rings (SSSR count).